The largest absolute Gasteiger partial charge is 1.00 e. The number of aliphatic carboxylic acids is 1. The molecule has 4 rings (SSSR count). The van der Waals surface area contributed by atoms with Gasteiger partial charge in [-0.25, -0.2) is 9.59 Å². The average Bonchev–Trinajstić information content (AvgIpc) is 3.21. The Balaban J connectivity index is 0.00000380. The van der Waals surface area contributed by atoms with E-state index in [4.69, 9.17) is 9.47 Å². The fourth-order valence-electron chi connectivity index (χ4n) is 9.35. The van der Waals surface area contributed by atoms with Crippen LogP contribution in [0.15, 0.2) is 25.3 Å². The van der Waals surface area contributed by atoms with Crippen LogP contribution in [0.5, 0.6) is 0 Å². The molecule has 0 aromatic heterocycles. The molecular formula is C30H43NaO6. The molecule has 10 atom stereocenters. The molecule has 0 unspecified atom stereocenters. The second kappa shape index (κ2) is 12.0. The number of fused-ring (bicyclic) bond motifs is 5. The maximum atomic E-state index is 12.5. The zero-order valence-corrected chi connectivity index (χ0v) is 25.2. The third kappa shape index (κ3) is 5.63. The first kappa shape index (κ1) is 30.4. The molecule has 4 fully saturated rings. The van der Waals surface area contributed by atoms with E-state index in [0.29, 0.717) is 36.0 Å². The summed E-state index contributed by atoms with van der Waals surface area (Å²) in [5.41, 5.74) is -0.0517. The van der Waals surface area contributed by atoms with Crippen LogP contribution in [0.1, 0.15) is 85.0 Å². The van der Waals surface area contributed by atoms with Crippen molar-refractivity contribution in [2.45, 2.75) is 97.2 Å². The number of carbonyl (C=O) groups is 3. The molecule has 7 heteroatoms. The first-order valence-electron chi connectivity index (χ1n) is 13.9. The Kier molecular flexibility index (Phi) is 9.83. The molecule has 4 aliphatic carbocycles. The van der Waals surface area contributed by atoms with Crippen LogP contribution in [0.25, 0.3) is 0 Å². The van der Waals surface area contributed by atoms with E-state index in [1.54, 1.807) is 0 Å². The number of hydrogen-bond donors (Lipinski definition) is 0. The monoisotopic (exact) mass is 522 g/mol. The number of carboxylic acids is 1. The van der Waals surface area contributed by atoms with Gasteiger partial charge in [0.15, 0.2) is 0 Å². The van der Waals surface area contributed by atoms with Crippen LogP contribution in [0.3, 0.4) is 0 Å². The molecule has 0 heterocycles. The zero-order valence-electron chi connectivity index (χ0n) is 23.2. The normalized spacial score (nSPS) is 41.0. The van der Waals surface area contributed by atoms with Crippen molar-refractivity contribution >= 4 is 17.9 Å². The van der Waals surface area contributed by atoms with Crippen molar-refractivity contribution in [1.29, 1.82) is 0 Å². The molecule has 0 saturated heterocycles. The van der Waals surface area contributed by atoms with Gasteiger partial charge in [-0.1, -0.05) is 33.9 Å². The Labute approximate surface area is 244 Å². The van der Waals surface area contributed by atoms with Gasteiger partial charge in [0.25, 0.3) is 0 Å². The summed E-state index contributed by atoms with van der Waals surface area (Å²) in [5.74, 6) is 0.770. The number of ether oxygens (including phenoxy) is 2. The van der Waals surface area contributed by atoms with E-state index < -0.39 is 5.97 Å². The van der Waals surface area contributed by atoms with Crippen LogP contribution in [0.4, 0.5) is 0 Å². The summed E-state index contributed by atoms with van der Waals surface area (Å²) < 4.78 is 11.8. The second-order valence-corrected chi connectivity index (χ2v) is 12.5. The summed E-state index contributed by atoms with van der Waals surface area (Å²) >= 11 is 0. The standard InChI is InChI=1S/C30H44O6.Na/c1-6-27(33)35-20-14-15-29(4)19(16-20)9-10-21-23-12-11-22(18(3)8-13-26(31)32)30(23,5)25(17-24(21)29)36-28(34)7-2;/h6-7,18-25H,1-2,8-17H2,3-5H3,(H,31,32);/q;+1/p-1/t18-,19-,20-,21+,22-,23+,24+,25+,29+,30-;/m1./s1. The number of hydrogen-bond acceptors (Lipinski definition) is 6. The first-order valence-corrected chi connectivity index (χ1v) is 13.9. The Morgan fingerprint density at radius 3 is 2.30 bits per heavy atom. The fourth-order valence-corrected chi connectivity index (χ4v) is 9.35. The van der Waals surface area contributed by atoms with Crippen LogP contribution in [0, 0.1) is 46.3 Å². The van der Waals surface area contributed by atoms with Gasteiger partial charge in [-0.15, -0.1) is 0 Å². The van der Waals surface area contributed by atoms with E-state index in [-0.39, 0.29) is 76.9 Å². The van der Waals surface area contributed by atoms with Gasteiger partial charge in [0.05, 0.1) is 0 Å². The average molecular weight is 523 g/mol. The van der Waals surface area contributed by atoms with Crippen molar-refractivity contribution in [3.63, 3.8) is 0 Å². The molecule has 200 valence electrons. The van der Waals surface area contributed by atoms with Crippen molar-refractivity contribution < 1.29 is 58.5 Å². The smallest absolute Gasteiger partial charge is 0.550 e. The molecule has 0 N–H and O–H groups in total. The quantitative estimate of drug-likeness (QED) is 0.273. The van der Waals surface area contributed by atoms with Crippen molar-refractivity contribution in [2.75, 3.05) is 0 Å². The van der Waals surface area contributed by atoms with E-state index in [2.05, 4.69) is 33.9 Å². The topological polar surface area (TPSA) is 92.7 Å². The van der Waals surface area contributed by atoms with E-state index in [1.165, 1.54) is 12.2 Å². The molecule has 0 aromatic rings. The molecule has 0 radical (unpaired) electrons. The number of carbonyl (C=O) groups excluding carboxylic acids is 3. The van der Waals surface area contributed by atoms with Crippen LogP contribution < -0.4 is 34.7 Å². The van der Waals surface area contributed by atoms with Crippen LogP contribution >= 0.6 is 0 Å². The minimum Gasteiger partial charge on any atom is -0.550 e. The van der Waals surface area contributed by atoms with E-state index in [0.717, 1.165) is 51.4 Å². The first-order chi connectivity index (χ1) is 17.0. The third-order valence-corrected chi connectivity index (χ3v) is 11.1. The Bertz CT molecular complexity index is 903. The predicted molar refractivity (Wildman–Crippen MR) is 134 cm³/mol. The summed E-state index contributed by atoms with van der Waals surface area (Å²) in [6.07, 6.45) is 10.9. The van der Waals surface area contributed by atoms with Gasteiger partial charge in [-0.05, 0) is 105 Å². The van der Waals surface area contributed by atoms with Gasteiger partial charge in [0.2, 0.25) is 0 Å². The molecule has 4 saturated carbocycles. The Morgan fingerprint density at radius 1 is 0.973 bits per heavy atom. The van der Waals surface area contributed by atoms with E-state index in [9.17, 15) is 19.5 Å². The van der Waals surface area contributed by atoms with Crippen molar-refractivity contribution in [3.05, 3.63) is 25.3 Å². The third-order valence-electron chi connectivity index (χ3n) is 11.1. The molecule has 0 aliphatic heterocycles. The zero-order chi connectivity index (χ0) is 26.3. The van der Waals surface area contributed by atoms with E-state index in [1.807, 2.05) is 0 Å². The number of esters is 2. The van der Waals surface area contributed by atoms with Gasteiger partial charge in [0, 0.05) is 23.5 Å². The van der Waals surface area contributed by atoms with Gasteiger partial charge >= 0.3 is 41.5 Å². The van der Waals surface area contributed by atoms with Crippen molar-refractivity contribution in [2.24, 2.45) is 46.3 Å². The van der Waals surface area contributed by atoms with Gasteiger partial charge in [-0.3, -0.25) is 0 Å². The Hall–Kier alpha value is -1.11. The number of rotatable bonds is 8. The summed E-state index contributed by atoms with van der Waals surface area (Å²) in [6, 6.07) is 0. The van der Waals surface area contributed by atoms with Crippen LogP contribution in [-0.2, 0) is 23.9 Å². The van der Waals surface area contributed by atoms with E-state index >= 15 is 0 Å². The molecule has 0 spiro atoms. The minimum atomic E-state index is -1.000. The van der Waals surface area contributed by atoms with Gasteiger partial charge in [0.1, 0.15) is 12.2 Å². The van der Waals surface area contributed by atoms with Crippen molar-refractivity contribution in [1.82, 2.24) is 0 Å². The molecule has 6 nitrogen and oxygen atoms in total. The summed E-state index contributed by atoms with van der Waals surface area (Å²) in [7, 11) is 0. The van der Waals surface area contributed by atoms with Crippen LogP contribution in [0.2, 0.25) is 0 Å². The Morgan fingerprint density at radius 2 is 1.65 bits per heavy atom. The fraction of sp³-hybridized carbons (Fsp3) is 0.767. The maximum Gasteiger partial charge on any atom is 1.00 e. The minimum absolute atomic E-state index is 0. The molecule has 37 heavy (non-hydrogen) atoms. The molecular weight excluding hydrogens is 479 g/mol. The molecule has 4 aliphatic rings. The molecule has 0 amide bonds. The molecule has 0 aromatic carbocycles. The van der Waals surface area contributed by atoms with Crippen molar-refractivity contribution in [3.8, 4) is 0 Å². The summed E-state index contributed by atoms with van der Waals surface area (Å²) in [6.45, 7) is 14.1. The summed E-state index contributed by atoms with van der Waals surface area (Å²) in [5, 5.41) is 11.2. The molecule has 0 bridgehead atoms. The maximum absolute atomic E-state index is 12.5. The van der Waals surface area contributed by atoms with Gasteiger partial charge < -0.3 is 19.4 Å². The second-order valence-electron chi connectivity index (χ2n) is 12.5. The summed E-state index contributed by atoms with van der Waals surface area (Å²) in [4.78, 5) is 35.5. The predicted octanol–water partition coefficient (Wildman–Crippen LogP) is 1.62. The SMILES string of the molecule is C=CC(=O)O[C@@H]1CC[C@@]2(C)[C@H](CC[C@@H]3[C@@H]2C[C@H](OC(=O)C=C)[C@]2(C)[C@@H]([C@H](C)CCC(=O)[O-])CC[C@@H]32)C1.[Na+]. The van der Waals surface area contributed by atoms with Gasteiger partial charge in [-0.2, -0.15) is 0 Å². The number of carboxylic acid groups (broad SMARTS) is 1. The van der Waals surface area contributed by atoms with Crippen LogP contribution in [-0.4, -0.2) is 30.1 Å².